The molecular weight excluding hydrogens is 298 g/mol. The van der Waals surface area contributed by atoms with Gasteiger partial charge in [0.05, 0.1) is 7.11 Å². The van der Waals surface area contributed by atoms with Crippen LogP contribution in [0.25, 0.3) is 5.57 Å². The molecule has 3 nitrogen and oxygen atoms in total. The van der Waals surface area contributed by atoms with E-state index in [0.717, 1.165) is 38.0 Å². The molecule has 0 saturated heterocycles. The van der Waals surface area contributed by atoms with Crippen molar-refractivity contribution in [3.63, 3.8) is 0 Å². The maximum Gasteiger partial charge on any atom is 0.220 e. The summed E-state index contributed by atoms with van der Waals surface area (Å²) in [5.41, 5.74) is 5.49. The fourth-order valence-corrected chi connectivity index (χ4v) is 4.10. The minimum atomic E-state index is 0.206. The van der Waals surface area contributed by atoms with E-state index in [1.165, 1.54) is 41.5 Å². The Bertz CT molecular complexity index is 633. The number of allylic oxidation sites excluding steroid dienone is 2. The Hall–Kier alpha value is -1.77. The van der Waals surface area contributed by atoms with Crippen LogP contribution in [0.15, 0.2) is 18.2 Å². The molecule has 0 spiro atoms. The van der Waals surface area contributed by atoms with Gasteiger partial charge in [-0.3, -0.25) is 4.79 Å². The van der Waals surface area contributed by atoms with E-state index in [-0.39, 0.29) is 5.91 Å². The Balaban J connectivity index is 1.60. The lowest BCUT2D eigenvalue weighted by Gasteiger charge is -2.28. The van der Waals surface area contributed by atoms with E-state index in [0.29, 0.717) is 12.3 Å². The van der Waals surface area contributed by atoms with E-state index in [1.807, 2.05) is 0 Å². The first kappa shape index (κ1) is 17.1. The standard InChI is InChI=1S/C21H29NO2/c1-3-4-5-6-13-22-20(23)14-16-8-11-18-19(24-2)12-9-15-7-10-17(16)21(15)18/h9-10,12,16H,3-8,11,13-14H2,1-2H3,(H,22,23). The van der Waals surface area contributed by atoms with Gasteiger partial charge in [-0.05, 0) is 54.4 Å². The Kier molecular flexibility index (Phi) is 5.60. The van der Waals surface area contributed by atoms with Crippen molar-refractivity contribution in [2.45, 2.75) is 58.3 Å². The molecule has 2 aliphatic rings. The van der Waals surface area contributed by atoms with Crippen LogP contribution >= 0.6 is 0 Å². The molecule has 1 aromatic carbocycles. The molecule has 1 unspecified atom stereocenters. The van der Waals surface area contributed by atoms with Gasteiger partial charge in [-0.25, -0.2) is 0 Å². The van der Waals surface area contributed by atoms with Gasteiger partial charge in [0.2, 0.25) is 5.91 Å². The molecule has 130 valence electrons. The zero-order valence-corrected chi connectivity index (χ0v) is 15.0. The van der Waals surface area contributed by atoms with Crippen LogP contribution in [0.5, 0.6) is 5.75 Å². The minimum Gasteiger partial charge on any atom is -0.496 e. The Morgan fingerprint density at radius 3 is 2.96 bits per heavy atom. The van der Waals surface area contributed by atoms with Gasteiger partial charge in [0.25, 0.3) is 0 Å². The molecule has 2 aliphatic carbocycles. The number of ether oxygens (including phenoxy) is 1. The van der Waals surface area contributed by atoms with E-state index >= 15 is 0 Å². The highest BCUT2D eigenvalue weighted by Crippen LogP contribution is 2.46. The lowest BCUT2D eigenvalue weighted by atomic mass is 9.78. The summed E-state index contributed by atoms with van der Waals surface area (Å²) in [7, 11) is 1.74. The van der Waals surface area contributed by atoms with Gasteiger partial charge in [-0.15, -0.1) is 0 Å². The summed E-state index contributed by atoms with van der Waals surface area (Å²) in [5.74, 6) is 1.57. The van der Waals surface area contributed by atoms with Crippen LogP contribution in [0.3, 0.4) is 0 Å². The maximum atomic E-state index is 12.3. The minimum absolute atomic E-state index is 0.206. The Labute approximate surface area is 145 Å². The number of unbranched alkanes of at least 4 members (excludes halogenated alkanes) is 3. The van der Waals surface area contributed by atoms with Crippen LogP contribution in [-0.2, 0) is 17.6 Å². The molecule has 0 aliphatic heterocycles. The molecule has 0 aromatic heterocycles. The van der Waals surface area contributed by atoms with Crippen LogP contribution in [-0.4, -0.2) is 19.6 Å². The van der Waals surface area contributed by atoms with E-state index in [2.05, 4.69) is 30.4 Å². The molecule has 24 heavy (non-hydrogen) atoms. The first-order valence-corrected chi connectivity index (χ1v) is 9.40. The topological polar surface area (TPSA) is 38.3 Å². The summed E-state index contributed by atoms with van der Waals surface area (Å²) in [6, 6.07) is 4.27. The molecular formula is C21H29NO2. The SMILES string of the molecule is CCCCCCNC(=O)CC1CCc2c(OC)ccc3c2C1=CC3. The first-order chi connectivity index (χ1) is 11.7. The summed E-state index contributed by atoms with van der Waals surface area (Å²) in [5, 5.41) is 3.11. The number of nitrogens with one attached hydrogen (secondary N) is 1. The third-order valence-corrected chi connectivity index (χ3v) is 5.37. The lowest BCUT2D eigenvalue weighted by Crippen LogP contribution is -2.28. The van der Waals surface area contributed by atoms with Gasteiger partial charge in [-0.2, -0.15) is 0 Å². The lowest BCUT2D eigenvalue weighted by molar-refractivity contribution is -0.121. The smallest absolute Gasteiger partial charge is 0.220 e. The van der Waals surface area contributed by atoms with Crippen LogP contribution in [0, 0.1) is 5.92 Å². The number of methoxy groups -OCH3 is 1. The Morgan fingerprint density at radius 2 is 2.17 bits per heavy atom. The number of amides is 1. The molecule has 1 amide bonds. The summed E-state index contributed by atoms with van der Waals surface area (Å²) in [4.78, 5) is 12.3. The third kappa shape index (κ3) is 3.50. The summed E-state index contributed by atoms with van der Waals surface area (Å²) < 4.78 is 5.54. The molecule has 1 aromatic rings. The predicted octanol–water partition coefficient (Wildman–Crippen LogP) is 4.28. The second kappa shape index (κ2) is 7.87. The average molecular weight is 327 g/mol. The van der Waals surface area contributed by atoms with Crippen molar-refractivity contribution in [2.24, 2.45) is 5.92 Å². The van der Waals surface area contributed by atoms with Crippen molar-refractivity contribution >= 4 is 11.5 Å². The summed E-state index contributed by atoms with van der Waals surface area (Å²) >= 11 is 0. The van der Waals surface area contributed by atoms with E-state index in [4.69, 9.17) is 4.74 Å². The molecule has 0 bridgehead atoms. The highest BCUT2D eigenvalue weighted by molar-refractivity contribution is 5.84. The second-order valence-electron chi connectivity index (χ2n) is 6.99. The van der Waals surface area contributed by atoms with Crippen LogP contribution in [0.1, 0.15) is 62.1 Å². The number of carbonyl (C=O) groups is 1. The monoisotopic (exact) mass is 327 g/mol. The number of hydrogen-bond acceptors (Lipinski definition) is 2. The summed E-state index contributed by atoms with van der Waals surface area (Å²) in [6.45, 7) is 3.03. The van der Waals surface area contributed by atoms with E-state index in [1.54, 1.807) is 7.11 Å². The van der Waals surface area contributed by atoms with Gasteiger partial charge in [-0.1, -0.05) is 38.3 Å². The molecule has 3 rings (SSSR count). The van der Waals surface area contributed by atoms with Crippen molar-refractivity contribution in [1.82, 2.24) is 5.32 Å². The van der Waals surface area contributed by atoms with Crippen molar-refractivity contribution in [1.29, 1.82) is 0 Å². The highest BCUT2D eigenvalue weighted by Gasteiger charge is 2.31. The fraction of sp³-hybridized carbons (Fsp3) is 0.571. The van der Waals surface area contributed by atoms with Crippen molar-refractivity contribution in [2.75, 3.05) is 13.7 Å². The molecule has 1 atom stereocenters. The summed E-state index contributed by atoms with van der Waals surface area (Å²) in [6.07, 6.45) is 10.8. The fourth-order valence-electron chi connectivity index (χ4n) is 4.10. The quantitative estimate of drug-likeness (QED) is 0.724. The van der Waals surface area contributed by atoms with Gasteiger partial charge in [0.1, 0.15) is 5.75 Å². The van der Waals surface area contributed by atoms with Crippen LogP contribution in [0.2, 0.25) is 0 Å². The normalized spacial score (nSPS) is 18.1. The van der Waals surface area contributed by atoms with Gasteiger partial charge in [0.15, 0.2) is 0 Å². The van der Waals surface area contributed by atoms with Gasteiger partial charge >= 0.3 is 0 Å². The van der Waals surface area contributed by atoms with Crippen molar-refractivity contribution < 1.29 is 9.53 Å². The van der Waals surface area contributed by atoms with Crippen LogP contribution in [0.4, 0.5) is 0 Å². The molecule has 0 radical (unpaired) electrons. The zero-order chi connectivity index (χ0) is 16.9. The van der Waals surface area contributed by atoms with Crippen molar-refractivity contribution in [3.05, 3.63) is 34.9 Å². The second-order valence-corrected chi connectivity index (χ2v) is 6.99. The predicted molar refractivity (Wildman–Crippen MR) is 98.3 cm³/mol. The van der Waals surface area contributed by atoms with E-state index in [9.17, 15) is 4.79 Å². The van der Waals surface area contributed by atoms with Gasteiger partial charge in [0, 0.05) is 18.5 Å². The van der Waals surface area contributed by atoms with Crippen molar-refractivity contribution in [3.8, 4) is 5.75 Å². The molecule has 0 heterocycles. The van der Waals surface area contributed by atoms with E-state index < -0.39 is 0 Å². The van der Waals surface area contributed by atoms with Crippen LogP contribution < -0.4 is 10.1 Å². The zero-order valence-electron chi connectivity index (χ0n) is 15.0. The Morgan fingerprint density at radius 1 is 1.29 bits per heavy atom. The number of hydrogen-bond donors (Lipinski definition) is 1. The molecule has 0 saturated carbocycles. The molecule has 3 heteroatoms. The maximum absolute atomic E-state index is 12.3. The molecule has 1 N–H and O–H groups in total. The highest BCUT2D eigenvalue weighted by atomic mass is 16.5. The largest absolute Gasteiger partial charge is 0.496 e. The average Bonchev–Trinajstić information content (AvgIpc) is 3.03. The third-order valence-electron chi connectivity index (χ3n) is 5.37. The number of rotatable bonds is 8. The first-order valence-electron chi connectivity index (χ1n) is 9.40. The van der Waals surface area contributed by atoms with Gasteiger partial charge < -0.3 is 10.1 Å². The molecule has 0 fully saturated rings. The number of carbonyl (C=O) groups excluding carboxylic acids is 1. The number of benzene rings is 1.